The van der Waals surface area contributed by atoms with Crippen molar-refractivity contribution in [2.24, 2.45) is 11.8 Å². The van der Waals surface area contributed by atoms with E-state index in [9.17, 15) is 19.5 Å². The maximum absolute atomic E-state index is 14.0. The van der Waals surface area contributed by atoms with Crippen molar-refractivity contribution in [3.63, 3.8) is 0 Å². The summed E-state index contributed by atoms with van der Waals surface area (Å²) in [6, 6.07) is 20.1. The molecule has 3 aromatic carbocycles. The van der Waals surface area contributed by atoms with Crippen molar-refractivity contribution < 1.29 is 28.6 Å². The van der Waals surface area contributed by atoms with Crippen LogP contribution in [0.5, 0.6) is 0 Å². The van der Waals surface area contributed by atoms with Gasteiger partial charge in [-0.3, -0.25) is 9.69 Å². The van der Waals surface area contributed by atoms with E-state index in [4.69, 9.17) is 9.15 Å². The average molecular weight is 657 g/mol. The molecule has 2 N–H and O–H groups in total. The number of nitrogens with one attached hydrogen (secondary N) is 1. The monoisotopic (exact) mass is 656 g/mol. The summed E-state index contributed by atoms with van der Waals surface area (Å²) < 4.78 is 11.7. The minimum absolute atomic E-state index is 0.106. The molecule has 4 aromatic rings. The quantitative estimate of drug-likeness (QED) is 0.184. The van der Waals surface area contributed by atoms with E-state index in [0.717, 1.165) is 16.3 Å². The lowest BCUT2D eigenvalue weighted by Gasteiger charge is -2.35. The molecule has 10 nitrogen and oxygen atoms in total. The molecular weight excluding hydrogens is 608 g/mol. The zero-order valence-electron chi connectivity index (χ0n) is 28.6. The predicted molar refractivity (Wildman–Crippen MR) is 185 cm³/mol. The summed E-state index contributed by atoms with van der Waals surface area (Å²) in [6.45, 7) is 10.5. The number of aromatic nitrogens is 1. The van der Waals surface area contributed by atoms with Crippen molar-refractivity contribution in [1.82, 2.24) is 20.1 Å². The third kappa shape index (κ3) is 8.72. The minimum atomic E-state index is -1.26. The fourth-order valence-electron chi connectivity index (χ4n) is 6.04. The highest BCUT2D eigenvalue weighted by atomic mass is 16.6. The van der Waals surface area contributed by atoms with Crippen molar-refractivity contribution in [2.45, 2.75) is 84.5 Å². The Hall–Kier alpha value is -4.44. The van der Waals surface area contributed by atoms with Gasteiger partial charge in [0.05, 0.1) is 6.04 Å². The Bertz CT molecular complexity index is 1700. The Morgan fingerprint density at radius 2 is 1.69 bits per heavy atom. The molecule has 0 bridgehead atoms. The summed E-state index contributed by atoms with van der Waals surface area (Å²) in [5.74, 6) is -0.327. The van der Waals surface area contributed by atoms with Gasteiger partial charge >= 0.3 is 12.1 Å². The van der Waals surface area contributed by atoms with E-state index in [-0.39, 0.29) is 24.3 Å². The van der Waals surface area contributed by atoms with E-state index in [1.807, 2.05) is 101 Å². The number of hydrogen-bond donors (Lipinski definition) is 2. The molecule has 1 saturated heterocycles. The summed E-state index contributed by atoms with van der Waals surface area (Å²) >= 11 is 0. The average Bonchev–Trinajstić information content (AvgIpc) is 3.51. The van der Waals surface area contributed by atoms with E-state index in [1.165, 1.54) is 4.90 Å². The van der Waals surface area contributed by atoms with E-state index in [0.29, 0.717) is 56.3 Å². The molecular formula is C38H48N4O6. The number of ether oxygens (including phenoxy) is 1. The lowest BCUT2D eigenvalue weighted by Crippen LogP contribution is -2.53. The van der Waals surface area contributed by atoms with Crippen LogP contribution in [-0.2, 0) is 16.0 Å². The number of oxazole rings is 1. The van der Waals surface area contributed by atoms with Gasteiger partial charge in [-0.1, -0.05) is 74.5 Å². The maximum atomic E-state index is 14.0. The Kier molecular flexibility index (Phi) is 11.0. The molecule has 256 valence electrons. The van der Waals surface area contributed by atoms with Crippen LogP contribution in [0.4, 0.5) is 9.59 Å². The summed E-state index contributed by atoms with van der Waals surface area (Å²) in [6.07, 6.45) is 0.797. The fraction of sp³-hybridized carbons (Fsp3) is 0.474. The van der Waals surface area contributed by atoms with Gasteiger partial charge in [0, 0.05) is 30.9 Å². The molecule has 0 radical (unpaired) electrons. The summed E-state index contributed by atoms with van der Waals surface area (Å²) in [7, 11) is 0. The SMILES string of the molecule is CC(C)CCN(C(=O)N[C@@H](CCc1ccccc1)C(O)c1nc2ccc3ccccc3c2o1)C(=O)C1CCN(C(=O)OC(C)(C)C)CC1. The first-order valence-corrected chi connectivity index (χ1v) is 17.0. The van der Waals surface area contributed by atoms with Crippen molar-refractivity contribution in [3.8, 4) is 0 Å². The summed E-state index contributed by atoms with van der Waals surface area (Å²) in [5.41, 5.74) is 1.63. The van der Waals surface area contributed by atoms with Gasteiger partial charge in [0.15, 0.2) is 11.7 Å². The van der Waals surface area contributed by atoms with E-state index in [2.05, 4.69) is 10.3 Å². The van der Waals surface area contributed by atoms with Gasteiger partial charge in [-0.25, -0.2) is 14.6 Å². The van der Waals surface area contributed by atoms with Crippen molar-refractivity contribution >= 4 is 39.9 Å². The Morgan fingerprint density at radius 1 is 1.00 bits per heavy atom. The zero-order valence-corrected chi connectivity index (χ0v) is 28.6. The van der Waals surface area contributed by atoms with Gasteiger partial charge in [0.1, 0.15) is 11.1 Å². The Morgan fingerprint density at radius 3 is 2.38 bits per heavy atom. The van der Waals surface area contributed by atoms with Crippen molar-refractivity contribution in [1.29, 1.82) is 0 Å². The molecule has 2 atom stereocenters. The van der Waals surface area contributed by atoms with Gasteiger partial charge in [0.25, 0.3) is 0 Å². The number of piperidine rings is 1. The highest BCUT2D eigenvalue weighted by Gasteiger charge is 2.36. The topological polar surface area (TPSA) is 125 Å². The molecule has 1 aliphatic heterocycles. The molecule has 10 heteroatoms. The summed E-state index contributed by atoms with van der Waals surface area (Å²) in [4.78, 5) is 48.1. The van der Waals surface area contributed by atoms with Gasteiger partial charge in [0.2, 0.25) is 11.8 Å². The number of urea groups is 1. The number of hydrogen-bond acceptors (Lipinski definition) is 7. The van der Waals surface area contributed by atoms with E-state index in [1.54, 1.807) is 4.90 Å². The van der Waals surface area contributed by atoms with Crippen LogP contribution >= 0.6 is 0 Å². The second-order valence-corrected chi connectivity index (χ2v) is 14.1. The second-order valence-electron chi connectivity index (χ2n) is 14.1. The minimum Gasteiger partial charge on any atom is -0.444 e. The smallest absolute Gasteiger partial charge is 0.410 e. The number of amides is 4. The lowest BCUT2D eigenvalue weighted by atomic mass is 9.95. The molecule has 1 fully saturated rings. The molecule has 0 saturated carbocycles. The molecule has 0 spiro atoms. The highest BCUT2D eigenvalue weighted by Crippen LogP contribution is 2.30. The molecule has 48 heavy (non-hydrogen) atoms. The van der Waals surface area contributed by atoms with Gasteiger partial charge < -0.3 is 24.5 Å². The molecule has 1 aromatic heterocycles. The van der Waals surface area contributed by atoms with Crippen molar-refractivity contribution in [2.75, 3.05) is 19.6 Å². The van der Waals surface area contributed by atoms with Gasteiger partial charge in [-0.15, -0.1) is 0 Å². The molecule has 0 aliphatic carbocycles. The van der Waals surface area contributed by atoms with Crippen LogP contribution < -0.4 is 5.32 Å². The largest absolute Gasteiger partial charge is 0.444 e. The van der Waals surface area contributed by atoms with Crippen molar-refractivity contribution in [3.05, 3.63) is 78.2 Å². The van der Waals surface area contributed by atoms with Crippen LogP contribution in [0.25, 0.3) is 21.9 Å². The molecule has 2 heterocycles. The number of imide groups is 1. The van der Waals surface area contributed by atoms with E-state index < -0.39 is 35.8 Å². The highest BCUT2D eigenvalue weighted by molar-refractivity contribution is 6.02. The summed E-state index contributed by atoms with van der Waals surface area (Å²) in [5, 5.41) is 16.6. The number of carbonyl (C=O) groups is 3. The maximum Gasteiger partial charge on any atom is 0.410 e. The lowest BCUT2D eigenvalue weighted by molar-refractivity contribution is -0.134. The number of nitrogens with zero attached hydrogens (tertiary/aromatic N) is 3. The first-order valence-electron chi connectivity index (χ1n) is 17.0. The normalized spacial score (nSPS) is 15.4. The predicted octanol–water partition coefficient (Wildman–Crippen LogP) is 7.25. The molecule has 5 rings (SSSR count). The third-order valence-corrected chi connectivity index (χ3v) is 8.76. The standard InChI is InChI=1S/C38H48N4O6/c1-25(2)19-24-42(35(44)28-20-22-41(23-21-28)37(46)48-38(3,4)5)36(45)40-30(17-15-26-11-7-6-8-12-26)32(43)34-39-31-18-16-27-13-9-10-14-29(27)33(31)47-34/h6-14,16,18,25,28,30,32,43H,15,17,19-24H2,1-5H3,(H,40,45)/t30-,32?/m0/s1. The molecule has 1 aliphatic rings. The zero-order chi connectivity index (χ0) is 34.4. The van der Waals surface area contributed by atoms with Gasteiger partial charge in [-0.05, 0) is 75.8 Å². The van der Waals surface area contributed by atoms with Crippen LogP contribution in [0.2, 0.25) is 0 Å². The first-order chi connectivity index (χ1) is 22.9. The number of rotatable bonds is 10. The Balaban J connectivity index is 1.35. The molecule has 4 amide bonds. The van der Waals surface area contributed by atoms with Crippen LogP contribution in [0, 0.1) is 11.8 Å². The van der Waals surface area contributed by atoms with Crippen LogP contribution in [0.3, 0.4) is 0 Å². The second kappa shape index (κ2) is 15.2. The number of benzene rings is 3. The fourth-order valence-corrected chi connectivity index (χ4v) is 6.04. The number of likely N-dealkylation sites (tertiary alicyclic amines) is 1. The number of carbonyl (C=O) groups excluding carboxylic acids is 3. The van der Waals surface area contributed by atoms with Crippen LogP contribution in [0.15, 0.2) is 71.1 Å². The number of aliphatic hydroxyl groups excluding tert-OH is 1. The Labute approximate surface area is 282 Å². The number of aliphatic hydroxyl groups is 1. The first kappa shape index (κ1) is 34.9. The third-order valence-electron chi connectivity index (χ3n) is 8.76. The van der Waals surface area contributed by atoms with E-state index >= 15 is 0 Å². The van der Waals surface area contributed by atoms with Gasteiger partial charge in [-0.2, -0.15) is 0 Å². The van der Waals surface area contributed by atoms with Crippen LogP contribution in [0.1, 0.15) is 77.9 Å². The van der Waals surface area contributed by atoms with Crippen LogP contribution in [-0.4, -0.2) is 69.2 Å². The number of fused-ring (bicyclic) bond motifs is 3. The molecule has 1 unspecified atom stereocenters. The number of aryl methyl sites for hydroxylation is 1.